The molecule has 1 aliphatic rings. The number of nitrogens with one attached hydrogen (secondary N) is 1. The maximum absolute atomic E-state index is 6.10. The van der Waals surface area contributed by atoms with Crippen molar-refractivity contribution in [3.63, 3.8) is 0 Å². The van der Waals surface area contributed by atoms with E-state index in [0.29, 0.717) is 6.04 Å². The van der Waals surface area contributed by atoms with Crippen LogP contribution in [0.1, 0.15) is 20.3 Å². The Morgan fingerprint density at radius 1 is 1.00 bits per heavy atom. The Kier molecular flexibility index (Phi) is 5.31. The Hall–Kier alpha value is -1.42. The minimum absolute atomic E-state index is 0.173. The summed E-state index contributed by atoms with van der Waals surface area (Å²) in [5.74, 6) is 0. The van der Waals surface area contributed by atoms with Crippen molar-refractivity contribution >= 4 is 19.2 Å². The van der Waals surface area contributed by atoms with Gasteiger partial charge in [-0.25, -0.2) is 0 Å². The quantitative estimate of drug-likeness (QED) is 0.788. The lowest BCUT2D eigenvalue weighted by molar-refractivity contribution is 0.0773. The Labute approximate surface area is 141 Å². The van der Waals surface area contributed by atoms with E-state index in [4.69, 9.17) is 4.74 Å². The van der Waals surface area contributed by atoms with Crippen molar-refractivity contribution in [2.75, 3.05) is 19.8 Å². The van der Waals surface area contributed by atoms with Crippen LogP contribution in [-0.2, 0) is 4.74 Å². The third kappa shape index (κ3) is 4.11. The molecule has 0 radical (unpaired) electrons. The normalized spacial score (nSPS) is 18.0. The minimum atomic E-state index is -1.36. The first-order valence-corrected chi connectivity index (χ1v) is 10.3. The van der Waals surface area contributed by atoms with Crippen molar-refractivity contribution in [2.24, 2.45) is 0 Å². The van der Waals surface area contributed by atoms with Crippen LogP contribution >= 0.6 is 0 Å². The summed E-state index contributed by atoms with van der Waals surface area (Å²) in [6, 6.07) is 22.6. The van der Waals surface area contributed by atoms with Crippen LogP contribution in [0.3, 0.4) is 0 Å². The molecule has 1 aliphatic heterocycles. The molecule has 3 heteroatoms. The predicted octanol–water partition coefficient (Wildman–Crippen LogP) is 2.19. The molecule has 2 aromatic rings. The molecule has 1 heterocycles. The maximum atomic E-state index is 6.10. The molecule has 1 unspecified atom stereocenters. The molecule has 0 amide bonds. The lowest BCUT2D eigenvalue weighted by Gasteiger charge is -2.35. The summed E-state index contributed by atoms with van der Waals surface area (Å²) in [6.45, 7) is 7.55. The second kappa shape index (κ2) is 7.43. The van der Waals surface area contributed by atoms with Gasteiger partial charge in [0, 0.05) is 12.6 Å². The molecule has 3 rings (SSSR count). The fourth-order valence-corrected chi connectivity index (χ4v) is 7.11. The minimum Gasteiger partial charge on any atom is -0.380 e. The van der Waals surface area contributed by atoms with Gasteiger partial charge in [-0.3, -0.25) is 0 Å². The van der Waals surface area contributed by atoms with Crippen LogP contribution in [0.4, 0.5) is 0 Å². The van der Waals surface area contributed by atoms with Gasteiger partial charge >= 0.3 is 0 Å². The molecular formula is C20H27NOSi. The highest BCUT2D eigenvalue weighted by Gasteiger charge is 2.34. The van der Waals surface area contributed by atoms with E-state index in [0.717, 1.165) is 19.8 Å². The lowest BCUT2D eigenvalue weighted by atomic mass is 10.1. The van der Waals surface area contributed by atoms with Crippen LogP contribution in [0.15, 0.2) is 60.7 Å². The van der Waals surface area contributed by atoms with Crippen LogP contribution < -0.4 is 15.7 Å². The number of ether oxygens (including phenoxy) is 1. The van der Waals surface area contributed by atoms with E-state index >= 15 is 0 Å². The van der Waals surface area contributed by atoms with E-state index in [9.17, 15) is 0 Å². The highest BCUT2D eigenvalue weighted by atomic mass is 28.3. The Morgan fingerprint density at radius 3 is 1.96 bits per heavy atom. The van der Waals surface area contributed by atoms with Crippen LogP contribution in [0.5, 0.6) is 0 Å². The number of hydrogen-bond donors (Lipinski definition) is 1. The third-order valence-electron chi connectivity index (χ3n) is 4.77. The van der Waals surface area contributed by atoms with Gasteiger partial charge in [0.1, 0.15) is 8.80 Å². The number of hydrogen-bond acceptors (Lipinski definition) is 2. The van der Waals surface area contributed by atoms with E-state index in [2.05, 4.69) is 79.8 Å². The van der Waals surface area contributed by atoms with Crippen molar-refractivity contribution in [3.8, 4) is 0 Å². The van der Waals surface area contributed by atoms with E-state index in [1.165, 1.54) is 16.8 Å². The van der Waals surface area contributed by atoms with Crippen LogP contribution in [0.25, 0.3) is 0 Å². The lowest BCUT2D eigenvalue weighted by Crippen LogP contribution is -2.52. The molecule has 0 aromatic heterocycles. The highest BCUT2D eigenvalue weighted by molar-refractivity contribution is 6.87. The van der Waals surface area contributed by atoms with Crippen molar-refractivity contribution < 1.29 is 4.74 Å². The predicted molar refractivity (Wildman–Crippen MR) is 101 cm³/mol. The van der Waals surface area contributed by atoms with Gasteiger partial charge in [-0.15, -0.1) is 0 Å². The van der Waals surface area contributed by atoms with E-state index < -0.39 is 8.80 Å². The summed E-state index contributed by atoms with van der Waals surface area (Å²) in [5, 5.41) is 6.57. The smallest absolute Gasteiger partial charge is 0.110 e. The molecule has 2 nitrogen and oxygen atoms in total. The molecule has 0 aliphatic carbocycles. The van der Waals surface area contributed by atoms with E-state index in [1.807, 2.05) is 0 Å². The zero-order chi connectivity index (χ0) is 16.1. The first-order valence-electron chi connectivity index (χ1n) is 8.58. The van der Waals surface area contributed by atoms with Gasteiger partial charge in [-0.05, 0) is 18.0 Å². The molecule has 23 heavy (non-hydrogen) atoms. The number of benzene rings is 2. The summed E-state index contributed by atoms with van der Waals surface area (Å²) in [7, 11) is -1.36. The summed E-state index contributed by atoms with van der Waals surface area (Å²) in [4.78, 5) is 0. The SMILES string of the molecule is CC(C)(COCC1CCN1)[SiH](c1ccccc1)c1ccccc1. The van der Waals surface area contributed by atoms with Crippen molar-refractivity contribution in [1.29, 1.82) is 0 Å². The average Bonchev–Trinajstić information content (AvgIpc) is 2.52. The van der Waals surface area contributed by atoms with Gasteiger partial charge in [0.15, 0.2) is 0 Å². The fraction of sp³-hybridized carbons (Fsp3) is 0.400. The van der Waals surface area contributed by atoms with Crippen LogP contribution in [0.2, 0.25) is 5.04 Å². The molecule has 0 saturated carbocycles. The van der Waals surface area contributed by atoms with Gasteiger partial charge in [0.25, 0.3) is 0 Å². The molecular weight excluding hydrogens is 298 g/mol. The van der Waals surface area contributed by atoms with Gasteiger partial charge < -0.3 is 10.1 Å². The summed E-state index contributed by atoms with van der Waals surface area (Å²) < 4.78 is 6.10. The van der Waals surface area contributed by atoms with Gasteiger partial charge in [0.05, 0.1) is 6.61 Å². The maximum Gasteiger partial charge on any atom is 0.110 e. The first kappa shape index (κ1) is 16.4. The van der Waals surface area contributed by atoms with Crippen molar-refractivity contribution in [1.82, 2.24) is 5.32 Å². The average molecular weight is 326 g/mol. The standard InChI is InChI=1S/C20H27NOSi/c1-20(2,16-22-15-17-13-14-21-17)23(18-9-5-3-6-10-18)19-11-7-4-8-12-19/h3-12,17,21,23H,13-16H2,1-2H3. The summed E-state index contributed by atoms with van der Waals surface area (Å²) >= 11 is 0. The molecule has 1 saturated heterocycles. The highest BCUT2D eigenvalue weighted by Crippen LogP contribution is 2.28. The van der Waals surface area contributed by atoms with Gasteiger partial charge in [0.2, 0.25) is 0 Å². The Bertz CT molecular complexity index is 556. The van der Waals surface area contributed by atoms with Crippen LogP contribution in [-0.4, -0.2) is 34.6 Å². The summed E-state index contributed by atoms with van der Waals surface area (Å²) in [5.41, 5.74) is 0. The molecule has 122 valence electrons. The second-order valence-corrected chi connectivity index (χ2v) is 11.0. The molecule has 1 N–H and O–H groups in total. The number of rotatable bonds is 7. The van der Waals surface area contributed by atoms with E-state index in [1.54, 1.807) is 0 Å². The zero-order valence-corrected chi connectivity index (χ0v) is 15.3. The van der Waals surface area contributed by atoms with Crippen molar-refractivity contribution in [2.45, 2.75) is 31.3 Å². The molecule has 1 fully saturated rings. The molecule has 2 aromatic carbocycles. The zero-order valence-electron chi connectivity index (χ0n) is 14.2. The Morgan fingerprint density at radius 2 is 1.52 bits per heavy atom. The second-order valence-electron chi connectivity index (χ2n) is 7.20. The molecule has 0 spiro atoms. The Balaban J connectivity index is 1.78. The van der Waals surface area contributed by atoms with E-state index in [-0.39, 0.29) is 5.04 Å². The van der Waals surface area contributed by atoms with Crippen molar-refractivity contribution in [3.05, 3.63) is 60.7 Å². The third-order valence-corrected chi connectivity index (χ3v) is 8.60. The molecule has 1 atom stereocenters. The fourth-order valence-electron chi connectivity index (χ4n) is 3.42. The topological polar surface area (TPSA) is 21.3 Å². The van der Waals surface area contributed by atoms with Gasteiger partial charge in [-0.2, -0.15) is 0 Å². The first-order chi connectivity index (χ1) is 11.2. The monoisotopic (exact) mass is 325 g/mol. The summed E-state index contributed by atoms with van der Waals surface area (Å²) in [6.07, 6.45) is 1.25. The van der Waals surface area contributed by atoms with Crippen LogP contribution in [0, 0.1) is 0 Å². The molecule has 0 bridgehead atoms. The largest absolute Gasteiger partial charge is 0.380 e. The van der Waals surface area contributed by atoms with Gasteiger partial charge in [-0.1, -0.05) is 84.9 Å².